The minimum Gasteiger partial charge on any atom is -0.396 e. The number of carbonyl (C=O) groups is 2. The lowest BCUT2D eigenvalue weighted by Crippen LogP contribution is -2.43. The lowest BCUT2D eigenvalue weighted by atomic mass is 9.89. The molecule has 4 nitrogen and oxygen atoms in total. The summed E-state index contributed by atoms with van der Waals surface area (Å²) in [6.07, 6.45) is 2.05. The second-order valence-corrected chi connectivity index (χ2v) is 3.51. The maximum absolute atomic E-state index is 11.1. The highest BCUT2D eigenvalue weighted by atomic mass is 16.3. The molecule has 0 aliphatic rings. The number of aliphatic hydroxyl groups is 2. The third-order valence-corrected chi connectivity index (χ3v) is 2.36. The van der Waals surface area contributed by atoms with Gasteiger partial charge in [0, 0.05) is 6.61 Å². The van der Waals surface area contributed by atoms with Crippen molar-refractivity contribution in [2.45, 2.75) is 45.1 Å². The average Bonchev–Trinajstić information content (AvgIpc) is 2.11. The van der Waals surface area contributed by atoms with E-state index in [4.69, 9.17) is 5.11 Å². The Morgan fingerprint density at radius 1 is 1.07 bits per heavy atom. The van der Waals surface area contributed by atoms with Crippen molar-refractivity contribution in [1.82, 2.24) is 0 Å². The van der Waals surface area contributed by atoms with Gasteiger partial charge in [-0.2, -0.15) is 0 Å². The Hall–Kier alpha value is -0.740. The number of carbonyl (C=O) groups excluding carboxylic acids is 2. The predicted molar refractivity (Wildman–Crippen MR) is 51.9 cm³/mol. The van der Waals surface area contributed by atoms with Crippen molar-refractivity contribution < 1.29 is 19.8 Å². The molecule has 0 unspecified atom stereocenters. The van der Waals surface area contributed by atoms with E-state index in [-0.39, 0.29) is 13.0 Å². The second kappa shape index (κ2) is 5.88. The van der Waals surface area contributed by atoms with E-state index < -0.39 is 17.2 Å². The van der Waals surface area contributed by atoms with E-state index in [1.54, 1.807) is 0 Å². The van der Waals surface area contributed by atoms with Crippen molar-refractivity contribution in [3.63, 3.8) is 0 Å². The van der Waals surface area contributed by atoms with Gasteiger partial charge in [0.1, 0.15) is 0 Å². The number of rotatable bonds is 7. The lowest BCUT2D eigenvalue weighted by Gasteiger charge is -2.21. The first kappa shape index (κ1) is 13.3. The van der Waals surface area contributed by atoms with Crippen LogP contribution in [0.25, 0.3) is 0 Å². The van der Waals surface area contributed by atoms with Gasteiger partial charge < -0.3 is 10.2 Å². The van der Waals surface area contributed by atoms with Crippen LogP contribution in [0.5, 0.6) is 0 Å². The first-order chi connectivity index (χ1) is 6.45. The van der Waals surface area contributed by atoms with E-state index in [0.717, 1.165) is 0 Å². The fraction of sp³-hybridized carbons (Fsp3) is 0.800. The second-order valence-electron chi connectivity index (χ2n) is 3.51. The highest BCUT2D eigenvalue weighted by Gasteiger charge is 2.36. The number of hydrogen-bond acceptors (Lipinski definition) is 4. The van der Waals surface area contributed by atoms with Crippen molar-refractivity contribution in [3.05, 3.63) is 0 Å². The third-order valence-electron chi connectivity index (χ3n) is 2.36. The molecule has 0 fully saturated rings. The van der Waals surface area contributed by atoms with Crippen LogP contribution < -0.4 is 0 Å². The van der Waals surface area contributed by atoms with E-state index in [1.807, 2.05) is 0 Å². The van der Waals surface area contributed by atoms with Gasteiger partial charge in [-0.1, -0.05) is 6.42 Å². The Kier molecular flexibility index (Phi) is 5.57. The minimum atomic E-state index is -1.81. The monoisotopic (exact) mass is 202 g/mol. The first-order valence-electron chi connectivity index (χ1n) is 4.80. The number of Topliss-reactive ketones (excluding diaryl/α,β-unsaturated/α-hetero) is 2. The Labute approximate surface area is 83.9 Å². The summed E-state index contributed by atoms with van der Waals surface area (Å²) in [7, 11) is 0. The molecule has 0 rings (SSSR count). The van der Waals surface area contributed by atoms with Gasteiger partial charge in [-0.15, -0.1) is 0 Å². The summed E-state index contributed by atoms with van der Waals surface area (Å²) in [4.78, 5) is 22.1. The summed E-state index contributed by atoms with van der Waals surface area (Å²) in [6, 6.07) is 0. The Balaban J connectivity index is 4.12. The molecule has 0 atom stereocenters. The molecule has 0 saturated heterocycles. The number of aliphatic hydroxyl groups excluding tert-OH is 1. The van der Waals surface area contributed by atoms with E-state index >= 15 is 0 Å². The molecule has 2 N–H and O–H groups in total. The number of ketones is 2. The van der Waals surface area contributed by atoms with Crippen LogP contribution in [-0.2, 0) is 9.59 Å². The minimum absolute atomic E-state index is 0.0958. The molecule has 82 valence electrons. The zero-order chi connectivity index (χ0) is 11.2. The zero-order valence-electron chi connectivity index (χ0n) is 8.75. The summed E-state index contributed by atoms with van der Waals surface area (Å²) in [6.45, 7) is 2.53. The lowest BCUT2D eigenvalue weighted by molar-refractivity contribution is -0.149. The van der Waals surface area contributed by atoms with E-state index in [1.165, 1.54) is 13.8 Å². The zero-order valence-corrected chi connectivity index (χ0v) is 8.75. The van der Waals surface area contributed by atoms with Crippen LogP contribution in [0.4, 0.5) is 0 Å². The van der Waals surface area contributed by atoms with Crippen molar-refractivity contribution in [1.29, 1.82) is 0 Å². The molecule has 0 radical (unpaired) electrons. The molecule has 0 heterocycles. The molecule has 4 heteroatoms. The highest BCUT2D eigenvalue weighted by molar-refractivity contribution is 6.08. The van der Waals surface area contributed by atoms with Crippen molar-refractivity contribution in [2.24, 2.45) is 0 Å². The summed E-state index contributed by atoms with van der Waals surface area (Å²) in [5.41, 5.74) is -1.81. The predicted octanol–water partition coefficient (Wildman–Crippen LogP) is 0.448. The molecule has 0 aliphatic heterocycles. The van der Waals surface area contributed by atoms with Crippen LogP contribution in [0.3, 0.4) is 0 Å². The van der Waals surface area contributed by atoms with Crippen LogP contribution in [0.2, 0.25) is 0 Å². The summed E-state index contributed by atoms with van der Waals surface area (Å²) in [5.74, 6) is -1.01. The molecular formula is C10H18O4. The van der Waals surface area contributed by atoms with Gasteiger partial charge in [0.15, 0.2) is 17.2 Å². The average molecular weight is 202 g/mol. The van der Waals surface area contributed by atoms with Crippen molar-refractivity contribution in [2.75, 3.05) is 6.61 Å². The number of hydrogen-bond donors (Lipinski definition) is 2. The Bertz CT molecular complexity index is 196. The first-order valence-corrected chi connectivity index (χ1v) is 4.80. The molecule has 0 spiro atoms. The quantitative estimate of drug-likeness (QED) is 0.464. The molecule has 0 aliphatic carbocycles. The smallest absolute Gasteiger partial charge is 0.180 e. The van der Waals surface area contributed by atoms with Gasteiger partial charge in [0.05, 0.1) is 0 Å². The van der Waals surface area contributed by atoms with Gasteiger partial charge in [-0.3, -0.25) is 9.59 Å². The van der Waals surface area contributed by atoms with Gasteiger partial charge in [0.25, 0.3) is 0 Å². The van der Waals surface area contributed by atoms with Gasteiger partial charge in [0.2, 0.25) is 0 Å². The van der Waals surface area contributed by atoms with Crippen LogP contribution in [0, 0.1) is 0 Å². The van der Waals surface area contributed by atoms with E-state index in [0.29, 0.717) is 19.3 Å². The van der Waals surface area contributed by atoms with Crippen LogP contribution in [0.15, 0.2) is 0 Å². The normalized spacial score (nSPS) is 11.4. The largest absolute Gasteiger partial charge is 0.396 e. The standard InChI is InChI=1S/C10H18O4/c1-8(12)10(14,9(2)13)6-4-3-5-7-11/h11,14H,3-7H2,1-2H3. The fourth-order valence-corrected chi connectivity index (χ4v) is 1.27. The van der Waals surface area contributed by atoms with Crippen molar-refractivity contribution in [3.8, 4) is 0 Å². The van der Waals surface area contributed by atoms with Gasteiger partial charge in [-0.25, -0.2) is 0 Å². The van der Waals surface area contributed by atoms with Crippen LogP contribution in [0.1, 0.15) is 39.5 Å². The van der Waals surface area contributed by atoms with Gasteiger partial charge >= 0.3 is 0 Å². The Morgan fingerprint density at radius 2 is 1.57 bits per heavy atom. The molecule has 0 aromatic carbocycles. The molecule has 0 amide bonds. The maximum Gasteiger partial charge on any atom is 0.180 e. The fourth-order valence-electron chi connectivity index (χ4n) is 1.27. The molecule has 0 saturated carbocycles. The molecule has 0 bridgehead atoms. The summed E-state index contributed by atoms with van der Waals surface area (Å²) >= 11 is 0. The van der Waals surface area contributed by atoms with Crippen LogP contribution in [-0.4, -0.2) is 34.0 Å². The topological polar surface area (TPSA) is 74.6 Å². The molecule has 14 heavy (non-hydrogen) atoms. The highest BCUT2D eigenvalue weighted by Crippen LogP contribution is 2.17. The summed E-state index contributed by atoms with van der Waals surface area (Å²) < 4.78 is 0. The van der Waals surface area contributed by atoms with E-state index in [9.17, 15) is 14.7 Å². The molecular weight excluding hydrogens is 184 g/mol. The third kappa shape index (κ3) is 3.55. The Morgan fingerprint density at radius 3 is 1.93 bits per heavy atom. The molecule has 0 aromatic heterocycles. The SMILES string of the molecule is CC(=O)C(O)(CCCCCO)C(C)=O. The van der Waals surface area contributed by atoms with Crippen molar-refractivity contribution >= 4 is 11.6 Å². The molecule has 0 aromatic rings. The van der Waals surface area contributed by atoms with E-state index in [2.05, 4.69) is 0 Å². The van der Waals surface area contributed by atoms with Gasteiger partial charge in [-0.05, 0) is 33.1 Å². The van der Waals surface area contributed by atoms with Crippen LogP contribution >= 0.6 is 0 Å². The summed E-state index contributed by atoms with van der Waals surface area (Å²) in [5, 5.41) is 18.2. The maximum atomic E-state index is 11.1. The number of unbranched alkanes of at least 4 members (excludes halogenated alkanes) is 2.